The molecule has 1 aliphatic carbocycles. The average molecular weight is 468 g/mol. The van der Waals surface area contributed by atoms with Crippen LogP contribution in [0.3, 0.4) is 0 Å². The lowest BCUT2D eigenvalue weighted by molar-refractivity contribution is 0.126. The molecule has 4 N–H and O–H groups in total. The molecule has 3 aromatic rings. The molecule has 1 aliphatic rings. The summed E-state index contributed by atoms with van der Waals surface area (Å²) in [7, 11) is 0. The van der Waals surface area contributed by atoms with Crippen LogP contribution in [-0.2, 0) is 11.3 Å². The zero-order valence-electron chi connectivity index (χ0n) is 19.9. The van der Waals surface area contributed by atoms with Crippen LogP contribution in [0.25, 0.3) is 11.2 Å². The molecule has 1 aromatic carbocycles. The van der Waals surface area contributed by atoms with E-state index in [1.54, 1.807) is 12.4 Å². The summed E-state index contributed by atoms with van der Waals surface area (Å²) >= 11 is 0. The third kappa shape index (κ3) is 5.93. The fourth-order valence-corrected chi connectivity index (χ4v) is 3.94. The van der Waals surface area contributed by atoms with Gasteiger partial charge in [-0.1, -0.05) is 19.9 Å². The Morgan fingerprint density at radius 2 is 1.97 bits per heavy atom. The number of anilines is 4. The molecule has 2 heterocycles. The van der Waals surface area contributed by atoms with Gasteiger partial charge in [-0.3, -0.25) is 5.32 Å². The van der Waals surface area contributed by atoms with E-state index in [1.165, 1.54) is 0 Å². The number of benzene rings is 1. The maximum Gasteiger partial charge on any atom is 0.411 e. The number of nitrogens with zero attached hydrogens (tertiary/aromatic N) is 4. The monoisotopic (exact) mass is 467 g/mol. The highest BCUT2D eigenvalue weighted by molar-refractivity contribution is 5.88. The minimum atomic E-state index is -0.485. The molecule has 0 bridgehead atoms. The van der Waals surface area contributed by atoms with Gasteiger partial charge in [-0.05, 0) is 56.7 Å². The van der Waals surface area contributed by atoms with Gasteiger partial charge in [-0.15, -0.1) is 0 Å². The van der Waals surface area contributed by atoms with Gasteiger partial charge in [0.05, 0.1) is 19.0 Å². The molecule has 182 valence electrons. The summed E-state index contributed by atoms with van der Waals surface area (Å²) in [5, 5.41) is 19.3. The van der Waals surface area contributed by atoms with Crippen molar-refractivity contribution < 1.29 is 14.6 Å². The van der Waals surface area contributed by atoms with Crippen LogP contribution in [-0.4, -0.2) is 49.5 Å². The van der Waals surface area contributed by atoms with E-state index >= 15 is 0 Å². The predicted octanol–water partition coefficient (Wildman–Crippen LogP) is 4.51. The highest BCUT2D eigenvalue weighted by atomic mass is 16.5. The number of hydrogen-bond acceptors (Lipinski definition) is 8. The van der Waals surface area contributed by atoms with Crippen molar-refractivity contribution in [2.24, 2.45) is 5.92 Å². The molecule has 0 unspecified atom stereocenters. The van der Waals surface area contributed by atoms with Gasteiger partial charge in [0.1, 0.15) is 0 Å². The molecule has 1 saturated carbocycles. The lowest BCUT2D eigenvalue weighted by Gasteiger charge is -2.26. The van der Waals surface area contributed by atoms with Gasteiger partial charge in [-0.2, -0.15) is 9.97 Å². The average Bonchev–Trinajstić information content (AvgIpc) is 3.23. The predicted molar refractivity (Wildman–Crippen MR) is 132 cm³/mol. The molecule has 0 atom stereocenters. The van der Waals surface area contributed by atoms with Crippen molar-refractivity contribution in [1.29, 1.82) is 0 Å². The molecule has 10 nitrogen and oxygen atoms in total. The van der Waals surface area contributed by atoms with Gasteiger partial charge in [0.15, 0.2) is 17.0 Å². The number of aromatic nitrogens is 4. The molecular weight excluding hydrogens is 434 g/mol. The molecule has 0 aliphatic heterocycles. The molecule has 0 radical (unpaired) electrons. The summed E-state index contributed by atoms with van der Waals surface area (Å²) in [6.45, 7) is 7.11. The first-order valence-corrected chi connectivity index (χ1v) is 11.9. The van der Waals surface area contributed by atoms with Gasteiger partial charge in [-0.25, -0.2) is 9.78 Å². The van der Waals surface area contributed by atoms with Crippen LogP contribution in [0.15, 0.2) is 30.6 Å². The number of aryl methyl sites for hydroxylation is 1. The van der Waals surface area contributed by atoms with Gasteiger partial charge < -0.3 is 25.0 Å². The standard InChI is InChI=1S/C24H33N7O3/c1-4-31-14-25-20-21(29-23(30-22(20)31)27-16-8-10-19(32)11-9-16)26-17-6-5-7-18(12-17)28-24(33)34-13-15(2)3/h5-7,12,14-16,19,32H,4,8-11,13H2,1-3H3,(H,28,33)(H2,26,27,29,30). The van der Waals surface area contributed by atoms with E-state index in [4.69, 9.17) is 14.7 Å². The summed E-state index contributed by atoms with van der Waals surface area (Å²) < 4.78 is 7.18. The quantitative estimate of drug-likeness (QED) is 0.381. The molecule has 4 rings (SSSR count). The molecule has 10 heteroatoms. The summed E-state index contributed by atoms with van der Waals surface area (Å²) in [5.74, 6) is 1.37. The van der Waals surface area contributed by atoms with Crippen molar-refractivity contribution in [3.63, 3.8) is 0 Å². The molecular formula is C24H33N7O3. The Kier molecular flexibility index (Phi) is 7.46. The molecule has 34 heavy (non-hydrogen) atoms. The van der Waals surface area contributed by atoms with Gasteiger partial charge in [0.2, 0.25) is 5.95 Å². The van der Waals surface area contributed by atoms with Crippen molar-refractivity contribution in [3.05, 3.63) is 30.6 Å². The second kappa shape index (κ2) is 10.7. The van der Waals surface area contributed by atoms with Crippen LogP contribution < -0.4 is 16.0 Å². The first-order chi connectivity index (χ1) is 16.4. The first kappa shape index (κ1) is 23.7. The van der Waals surface area contributed by atoms with Crippen LogP contribution in [0, 0.1) is 5.92 Å². The van der Waals surface area contributed by atoms with E-state index < -0.39 is 6.09 Å². The number of imidazole rings is 1. The number of aliphatic hydroxyl groups is 1. The summed E-state index contributed by atoms with van der Waals surface area (Å²) in [6, 6.07) is 7.57. The second-order valence-corrected chi connectivity index (χ2v) is 9.07. The second-order valence-electron chi connectivity index (χ2n) is 9.07. The Hall–Kier alpha value is -3.40. The van der Waals surface area contributed by atoms with E-state index in [1.807, 2.05) is 43.5 Å². The zero-order chi connectivity index (χ0) is 24.1. The van der Waals surface area contributed by atoms with Gasteiger partial charge >= 0.3 is 6.09 Å². The number of carbonyl (C=O) groups is 1. The Labute approximate surface area is 199 Å². The number of hydrogen-bond donors (Lipinski definition) is 4. The Morgan fingerprint density at radius 3 is 2.71 bits per heavy atom. The number of amides is 1. The van der Waals surface area contributed by atoms with Crippen LogP contribution in [0.4, 0.5) is 27.9 Å². The van der Waals surface area contributed by atoms with E-state index in [0.29, 0.717) is 29.6 Å². The highest BCUT2D eigenvalue weighted by Gasteiger charge is 2.21. The minimum Gasteiger partial charge on any atom is -0.449 e. The third-order valence-corrected chi connectivity index (χ3v) is 5.75. The number of aliphatic hydroxyl groups excluding tert-OH is 1. The van der Waals surface area contributed by atoms with Crippen molar-refractivity contribution in [1.82, 2.24) is 19.5 Å². The number of fused-ring (bicyclic) bond motifs is 1. The Balaban J connectivity index is 1.55. The van der Waals surface area contributed by atoms with Crippen LogP contribution in [0.5, 0.6) is 0 Å². The fourth-order valence-electron chi connectivity index (χ4n) is 3.94. The van der Waals surface area contributed by atoms with Crippen molar-refractivity contribution in [2.45, 2.75) is 65.1 Å². The lowest BCUT2D eigenvalue weighted by Crippen LogP contribution is -2.29. The summed E-state index contributed by atoms with van der Waals surface area (Å²) in [5.41, 5.74) is 2.77. The Morgan fingerprint density at radius 1 is 1.21 bits per heavy atom. The van der Waals surface area contributed by atoms with E-state index in [2.05, 4.69) is 20.9 Å². The topological polar surface area (TPSA) is 126 Å². The molecule has 1 fully saturated rings. The highest BCUT2D eigenvalue weighted by Crippen LogP contribution is 2.27. The minimum absolute atomic E-state index is 0.219. The lowest BCUT2D eigenvalue weighted by atomic mass is 9.93. The Bertz CT molecular complexity index is 1120. The van der Waals surface area contributed by atoms with E-state index in [-0.39, 0.29) is 18.1 Å². The third-order valence-electron chi connectivity index (χ3n) is 5.75. The summed E-state index contributed by atoms with van der Waals surface area (Å²) in [6.07, 6.45) is 4.35. The van der Waals surface area contributed by atoms with Crippen molar-refractivity contribution >= 4 is 40.4 Å². The number of rotatable bonds is 8. The van der Waals surface area contributed by atoms with Crippen molar-refractivity contribution in [2.75, 3.05) is 22.6 Å². The molecule has 0 saturated heterocycles. The number of carbonyl (C=O) groups excluding carboxylic acids is 1. The molecule has 2 aromatic heterocycles. The van der Waals surface area contributed by atoms with Crippen LogP contribution in [0.2, 0.25) is 0 Å². The SMILES string of the molecule is CCn1cnc2c(Nc3cccc(NC(=O)OCC(C)C)c3)nc(NC3CCC(O)CC3)nc21. The number of nitrogens with one attached hydrogen (secondary N) is 3. The maximum atomic E-state index is 12.0. The van der Waals surface area contributed by atoms with Crippen LogP contribution >= 0.6 is 0 Å². The molecule has 0 spiro atoms. The summed E-state index contributed by atoms with van der Waals surface area (Å²) in [4.78, 5) is 26.0. The smallest absolute Gasteiger partial charge is 0.411 e. The first-order valence-electron chi connectivity index (χ1n) is 11.9. The van der Waals surface area contributed by atoms with E-state index in [9.17, 15) is 9.90 Å². The largest absolute Gasteiger partial charge is 0.449 e. The fraction of sp³-hybridized carbons (Fsp3) is 0.500. The van der Waals surface area contributed by atoms with Crippen molar-refractivity contribution in [3.8, 4) is 0 Å². The zero-order valence-corrected chi connectivity index (χ0v) is 19.9. The number of ether oxygens (including phenoxy) is 1. The van der Waals surface area contributed by atoms with Gasteiger partial charge in [0, 0.05) is 24.0 Å². The molecule has 1 amide bonds. The van der Waals surface area contributed by atoms with Crippen LogP contribution in [0.1, 0.15) is 46.5 Å². The maximum absolute atomic E-state index is 12.0. The normalized spacial score (nSPS) is 18.1. The van der Waals surface area contributed by atoms with Gasteiger partial charge in [0.25, 0.3) is 0 Å². The van der Waals surface area contributed by atoms with E-state index in [0.717, 1.165) is 43.6 Å².